The maximum Gasteiger partial charge on any atom is 0.490 e. The lowest BCUT2D eigenvalue weighted by Crippen LogP contribution is -2.39. The Kier molecular flexibility index (Phi) is 14.7. The summed E-state index contributed by atoms with van der Waals surface area (Å²) >= 11 is 0. The molecule has 0 fully saturated rings. The third-order valence-electron chi connectivity index (χ3n) is 6.39. The highest BCUT2D eigenvalue weighted by molar-refractivity contribution is 5.85. The lowest BCUT2D eigenvalue weighted by molar-refractivity contribution is -0.192. The molecule has 1 atom stereocenters. The summed E-state index contributed by atoms with van der Waals surface area (Å²) in [5.74, 6) is -4.64. The van der Waals surface area contributed by atoms with Gasteiger partial charge in [0.2, 0.25) is 11.8 Å². The molecule has 6 N–H and O–H groups in total. The Balaban J connectivity index is 0.000000942. The number of hydrogen-bond donors (Lipinski definition) is 6. The normalized spacial score (nSPS) is 11.2. The highest BCUT2D eigenvalue weighted by Crippen LogP contribution is 2.23. The Bertz CT molecular complexity index is 1470. The van der Waals surface area contributed by atoms with Crippen LogP contribution in [0.25, 0.3) is 11.1 Å². The maximum absolute atomic E-state index is 12.4. The van der Waals surface area contributed by atoms with Crippen molar-refractivity contribution in [1.29, 1.82) is 0 Å². The number of nitrogens with one attached hydrogen (secondary N) is 4. The van der Waals surface area contributed by atoms with Crippen LogP contribution in [0.3, 0.4) is 0 Å². The number of amides is 4. The summed E-state index contributed by atoms with van der Waals surface area (Å²) in [5, 5.41) is 27.2. The van der Waals surface area contributed by atoms with Crippen molar-refractivity contribution < 1.29 is 47.4 Å². The number of halogens is 3. The zero-order valence-electron chi connectivity index (χ0n) is 24.9. The molecule has 3 rings (SSSR count). The number of carboxylic acids is 2. The number of rotatable bonds is 13. The molecule has 0 spiro atoms. The van der Waals surface area contributed by atoms with Crippen LogP contribution in [0.1, 0.15) is 42.0 Å². The quantitative estimate of drug-likeness (QED) is 0.150. The number of hydrogen-bond acceptors (Lipinski definition) is 5. The number of aliphatic carboxylic acids is 2. The molecule has 4 amide bonds. The molecule has 0 saturated heterocycles. The molecule has 3 aromatic carbocycles. The van der Waals surface area contributed by atoms with Crippen LogP contribution in [0.2, 0.25) is 0 Å². The first-order chi connectivity index (χ1) is 21.8. The van der Waals surface area contributed by atoms with Gasteiger partial charge in [-0.15, -0.1) is 0 Å². The highest BCUT2D eigenvalue weighted by atomic mass is 19.4. The van der Waals surface area contributed by atoms with E-state index in [1.165, 1.54) is 0 Å². The monoisotopic (exact) mass is 644 g/mol. The summed E-state index contributed by atoms with van der Waals surface area (Å²) in [6, 6.07) is 23.8. The van der Waals surface area contributed by atoms with Gasteiger partial charge in [-0.1, -0.05) is 78.9 Å². The molecule has 1 unspecified atom stereocenters. The summed E-state index contributed by atoms with van der Waals surface area (Å²) < 4.78 is 31.7. The molecule has 246 valence electrons. The van der Waals surface area contributed by atoms with Crippen molar-refractivity contribution in [2.24, 2.45) is 0 Å². The van der Waals surface area contributed by atoms with E-state index < -0.39 is 30.1 Å². The number of benzene rings is 3. The van der Waals surface area contributed by atoms with Crippen molar-refractivity contribution in [3.63, 3.8) is 0 Å². The van der Waals surface area contributed by atoms with Crippen LogP contribution in [0, 0.1) is 6.92 Å². The Morgan fingerprint density at radius 3 is 1.93 bits per heavy atom. The molecule has 0 aliphatic carbocycles. The van der Waals surface area contributed by atoms with Gasteiger partial charge < -0.3 is 31.5 Å². The minimum atomic E-state index is -5.08. The minimum Gasteiger partial charge on any atom is -0.481 e. The number of carbonyl (C=O) groups excluding carboxylic acids is 3. The van der Waals surface area contributed by atoms with Gasteiger partial charge in [0.15, 0.2) is 0 Å². The minimum absolute atomic E-state index is 0.130. The van der Waals surface area contributed by atoms with Crippen LogP contribution in [-0.2, 0) is 25.7 Å². The Morgan fingerprint density at radius 1 is 0.761 bits per heavy atom. The smallest absolute Gasteiger partial charge is 0.481 e. The Morgan fingerprint density at radius 2 is 1.35 bits per heavy atom. The van der Waals surface area contributed by atoms with Gasteiger partial charge in [0.05, 0.1) is 19.0 Å². The predicted molar refractivity (Wildman–Crippen MR) is 162 cm³/mol. The summed E-state index contributed by atoms with van der Waals surface area (Å²) in [4.78, 5) is 56.8. The second kappa shape index (κ2) is 18.4. The Labute approximate surface area is 263 Å². The van der Waals surface area contributed by atoms with Crippen LogP contribution in [0.4, 0.5) is 18.0 Å². The molecule has 0 saturated carbocycles. The van der Waals surface area contributed by atoms with Crippen LogP contribution >= 0.6 is 0 Å². The number of aryl methyl sites for hydroxylation is 1. The van der Waals surface area contributed by atoms with Crippen molar-refractivity contribution in [2.75, 3.05) is 13.1 Å². The number of alkyl halides is 3. The molecule has 46 heavy (non-hydrogen) atoms. The molecule has 0 aliphatic heterocycles. The second-order valence-corrected chi connectivity index (χ2v) is 9.93. The van der Waals surface area contributed by atoms with E-state index in [0.717, 1.165) is 22.3 Å². The number of urea groups is 1. The van der Waals surface area contributed by atoms with E-state index in [-0.39, 0.29) is 31.3 Å². The maximum atomic E-state index is 12.4. The second-order valence-electron chi connectivity index (χ2n) is 9.93. The molecule has 0 bridgehead atoms. The van der Waals surface area contributed by atoms with Gasteiger partial charge in [0, 0.05) is 19.5 Å². The van der Waals surface area contributed by atoms with E-state index in [2.05, 4.69) is 21.3 Å². The van der Waals surface area contributed by atoms with Crippen LogP contribution in [-0.4, -0.2) is 59.3 Å². The van der Waals surface area contributed by atoms with Gasteiger partial charge in [-0.05, 0) is 41.2 Å². The van der Waals surface area contributed by atoms with Crippen molar-refractivity contribution in [2.45, 2.75) is 44.9 Å². The van der Waals surface area contributed by atoms with Gasteiger partial charge in [-0.2, -0.15) is 13.2 Å². The van der Waals surface area contributed by atoms with Crippen LogP contribution in [0.5, 0.6) is 0 Å². The summed E-state index contributed by atoms with van der Waals surface area (Å²) in [6.45, 7) is 2.41. The largest absolute Gasteiger partial charge is 0.490 e. The third-order valence-corrected chi connectivity index (χ3v) is 6.39. The molecular formula is C32H35F3N4O7. The van der Waals surface area contributed by atoms with Crippen molar-refractivity contribution in [3.05, 3.63) is 95.6 Å². The first kappa shape index (κ1) is 36.8. The van der Waals surface area contributed by atoms with Gasteiger partial charge in [0.1, 0.15) is 0 Å². The van der Waals surface area contributed by atoms with Crippen molar-refractivity contribution in [1.82, 2.24) is 21.3 Å². The fourth-order valence-corrected chi connectivity index (χ4v) is 3.98. The first-order valence-corrected chi connectivity index (χ1v) is 14.1. The average molecular weight is 645 g/mol. The van der Waals surface area contributed by atoms with Crippen molar-refractivity contribution in [3.8, 4) is 11.1 Å². The number of carbonyl (C=O) groups is 5. The topological polar surface area (TPSA) is 174 Å². The SMILES string of the molecule is Cc1ccccc1CNC(=O)NCCCC(=O)NCC(=O)NC(CC(=O)O)c1ccc(-c2ccccc2)cc1.O=C(O)C(F)(F)F. The molecule has 0 aliphatic rings. The third kappa shape index (κ3) is 13.9. The molecule has 3 aromatic rings. The van der Waals surface area contributed by atoms with Crippen LogP contribution < -0.4 is 21.3 Å². The standard InChI is InChI=1S/C30H34N4O5.C2HF3O2/c1-21-8-5-6-11-25(21)19-33-30(39)31-17-7-12-27(35)32-20-28(36)34-26(18-29(37)38)24-15-13-23(14-16-24)22-9-3-2-4-10-22;3-2(4,5)1(6)7/h2-6,8-11,13-16,26H,7,12,17-20H2,1H3,(H,32,35)(H,34,36)(H,37,38)(H2,31,33,39);(H,6,7). The molecule has 14 heteroatoms. The first-order valence-electron chi connectivity index (χ1n) is 14.1. The molecular weight excluding hydrogens is 609 g/mol. The van der Waals surface area contributed by atoms with Crippen LogP contribution in [0.15, 0.2) is 78.9 Å². The van der Waals surface area contributed by atoms with E-state index in [1.54, 1.807) is 12.1 Å². The van der Waals surface area contributed by atoms with Crippen molar-refractivity contribution >= 4 is 29.8 Å². The summed E-state index contributed by atoms with van der Waals surface area (Å²) in [5.41, 5.74) is 4.78. The predicted octanol–water partition coefficient (Wildman–Crippen LogP) is 4.32. The molecule has 0 heterocycles. The number of carboxylic acid groups (broad SMARTS) is 2. The fraction of sp³-hybridized carbons (Fsp3) is 0.281. The molecule has 11 nitrogen and oxygen atoms in total. The lowest BCUT2D eigenvalue weighted by atomic mass is 9.99. The zero-order valence-corrected chi connectivity index (χ0v) is 24.9. The Hall–Kier alpha value is -5.40. The van der Waals surface area contributed by atoms with Gasteiger partial charge in [0.25, 0.3) is 0 Å². The highest BCUT2D eigenvalue weighted by Gasteiger charge is 2.38. The molecule has 0 aromatic heterocycles. The molecule has 0 radical (unpaired) electrons. The van der Waals surface area contributed by atoms with E-state index in [1.807, 2.05) is 73.7 Å². The van der Waals surface area contributed by atoms with E-state index >= 15 is 0 Å². The van der Waals surface area contributed by atoms with E-state index in [9.17, 15) is 37.5 Å². The fourth-order valence-electron chi connectivity index (χ4n) is 3.98. The lowest BCUT2D eigenvalue weighted by Gasteiger charge is -2.18. The summed E-state index contributed by atoms with van der Waals surface area (Å²) in [7, 11) is 0. The van der Waals surface area contributed by atoms with Gasteiger partial charge in [-0.25, -0.2) is 9.59 Å². The van der Waals surface area contributed by atoms with E-state index in [4.69, 9.17) is 9.90 Å². The average Bonchev–Trinajstić information content (AvgIpc) is 3.01. The zero-order chi connectivity index (χ0) is 34.1. The van der Waals surface area contributed by atoms with E-state index in [0.29, 0.717) is 25.1 Å². The summed E-state index contributed by atoms with van der Waals surface area (Å²) in [6.07, 6.45) is -4.84. The van der Waals surface area contributed by atoms with Gasteiger partial charge in [-0.3, -0.25) is 14.4 Å². The van der Waals surface area contributed by atoms with Gasteiger partial charge >= 0.3 is 24.1 Å².